The summed E-state index contributed by atoms with van der Waals surface area (Å²) in [6.07, 6.45) is 1.94. The van der Waals surface area contributed by atoms with E-state index >= 15 is 0 Å². The molecule has 19 heavy (non-hydrogen) atoms. The highest BCUT2D eigenvalue weighted by molar-refractivity contribution is 5.91. The monoisotopic (exact) mass is 260 g/mol. The Morgan fingerprint density at radius 2 is 2.11 bits per heavy atom. The summed E-state index contributed by atoms with van der Waals surface area (Å²) >= 11 is 0. The molecule has 2 rings (SSSR count). The predicted molar refractivity (Wildman–Crippen MR) is 78.2 cm³/mol. The Kier molecular flexibility index (Phi) is 3.95. The minimum absolute atomic E-state index is 0.187. The van der Waals surface area contributed by atoms with Crippen LogP contribution in [0.1, 0.15) is 30.9 Å². The topological polar surface area (TPSA) is 32.3 Å². The molecule has 0 unspecified atom stereocenters. The van der Waals surface area contributed by atoms with Gasteiger partial charge in [0.2, 0.25) is 5.91 Å². The maximum Gasteiger partial charge on any atom is 0.230 e. The third-order valence-electron chi connectivity index (χ3n) is 4.19. The number of likely N-dealkylation sites (N-methyl/N-ethyl adjacent to an activating group) is 1. The molecule has 1 amide bonds. The number of rotatable bonds is 5. The lowest BCUT2D eigenvalue weighted by Gasteiger charge is -2.22. The van der Waals surface area contributed by atoms with Gasteiger partial charge in [-0.15, -0.1) is 0 Å². The molecule has 104 valence electrons. The van der Waals surface area contributed by atoms with Gasteiger partial charge in [0.15, 0.2) is 0 Å². The molecule has 1 aromatic carbocycles. The summed E-state index contributed by atoms with van der Waals surface area (Å²) in [6.45, 7) is 4.90. The first-order valence-corrected chi connectivity index (χ1v) is 6.97. The van der Waals surface area contributed by atoms with Crippen molar-refractivity contribution >= 4 is 5.91 Å². The first-order valence-electron chi connectivity index (χ1n) is 6.97. The minimum Gasteiger partial charge on any atom is -0.354 e. The SMILES string of the molecule is Cc1cccc(C2(C(=O)NC[C@@H](C)N(C)C)CC2)c1. The van der Waals surface area contributed by atoms with E-state index in [1.165, 1.54) is 11.1 Å². The van der Waals surface area contributed by atoms with Gasteiger partial charge in [-0.25, -0.2) is 0 Å². The van der Waals surface area contributed by atoms with E-state index in [1.54, 1.807) is 0 Å². The Labute approximate surface area is 116 Å². The molecule has 1 aliphatic carbocycles. The summed E-state index contributed by atoms with van der Waals surface area (Å²) in [7, 11) is 4.06. The lowest BCUT2D eigenvalue weighted by Crippen LogP contribution is -2.42. The van der Waals surface area contributed by atoms with Crippen molar-refractivity contribution in [3.8, 4) is 0 Å². The van der Waals surface area contributed by atoms with Gasteiger partial charge in [0.05, 0.1) is 5.41 Å². The fraction of sp³-hybridized carbons (Fsp3) is 0.562. The first kappa shape index (κ1) is 14.1. The molecule has 0 spiro atoms. The third kappa shape index (κ3) is 2.98. The quantitative estimate of drug-likeness (QED) is 0.879. The Bertz CT molecular complexity index is 464. The third-order valence-corrected chi connectivity index (χ3v) is 4.19. The van der Waals surface area contributed by atoms with Gasteiger partial charge in [0, 0.05) is 12.6 Å². The molecular formula is C16H24N2O. The summed E-state index contributed by atoms with van der Waals surface area (Å²) in [4.78, 5) is 14.6. The fourth-order valence-corrected chi connectivity index (χ4v) is 2.31. The average molecular weight is 260 g/mol. The summed E-state index contributed by atoms with van der Waals surface area (Å²) in [5.74, 6) is 0.187. The number of nitrogens with zero attached hydrogens (tertiary/aromatic N) is 1. The van der Waals surface area contributed by atoms with Crippen molar-refractivity contribution < 1.29 is 4.79 Å². The van der Waals surface area contributed by atoms with Crippen molar-refractivity contribution in [1.29, 1.82) is 0 Å². The molecule has 1 aromatic rings. The molecule has 0 radical (unpaired) electrons. The van der Waals surface area contributed by atoms with Crippen LogP contribution in [0.2, 0.25) is 0 Å². The Balaban J connectivity index is 2.03. The number of benzene rings is 1. The molecule has 0 heterocycles. The number of carbonyl (C=O) groups is 1. The van der Waals surface area contributed by atoms with Gasteiger partial charge >= 0.3 is 0 Å². The van der Waals surface area contributed by atoms with Crippen LogP contribution in [-0.2, 0) is 10.2 Å². The molecule has 3 nitrogen and oxygen atoms in total. The predicted octanol–water partition coefficient (Wildman–Crippen LogP) is 2.09. The second-order valence-corrected chi connectivity index (χ2v) is 5.97. The van der Waals surface area contributed by atoms with Gasteiger partial charge in [-0.05, 0) is 46.3 Å². The van der Waals surface area contributed by atoms with Crippen LogP contribution in [0.5, 0.6) is 0 Å². The van der Waals surface area contributed by atoms with Gasteiger partial charge in [-0.1, -0.05) is 29.8 Å². The van der Waals surface area contributed by atoms with Crippen LogP contribution < -0.4 is 5.32 Å². The van der Waals surface area contributed by atoms with Crippen LogP contribution >= 0.6 is 0 Å². The molecule has 0 aromatic heterocycles. The highest BCUT2D eigenvalue weighted by atomic mass is 16.2. The van der Waals surface area contributed by atoms with E-state index in [0.29, 0.717) is 12.6 Å². The van der Waals surface area contributed by atoms with E-state index in [1.807, 2.05) is 20.2 Å². The zero-order chi connectivity index (χ0) is 14.0. The molecule has 0 saturated heterocycles. The molecule has 1 saturated carbocycles. The molecule has 1 fully saturated rings. The normalized spacial score (nSPS) is 18.2. The number of nitrogens with one attached hydrogen (secondary N) is 1. The van der Waals surface area contributed by atoms with Crippen LogP contribution in [0.3, 0.4) is 0 Å². The minimum atomic E-state index is -0.252. The highest BCUT2D eigenvalue weighted by Gasteiger charge is 2.51. The second-order valence-electron chi connectivity index (χ2n) is 5.97. The average Bonchev–Trinajstić information content (AvgIpc) is 3.16. The largest absolute Gasteiger partial charge is 0.354 e. The van der Waals surface area contributed by atoms with E-state index in [4.69, 9.17) is 0 Å². The van der Waals surface area contributed by atoms with Crippen molar-refractivity contribution in [3.05, 3.63) is 35.4 Å². The lowest BCUT2D eigenvalue weighted by molar-refractivity contribution is -0.123. The number of carbonyl (C=O) groups excluding carboxylic acids is 1. The van der Waals surface area contributed by atoms with Crippen LogP contribution in [0.4, 0.5) is 0 Å². The number of aryl methyl sites for hydroxylation is 1. The van der Waals surface area contributed by atoms with Crippen molar-refractivity contribution in [1.82, 2.24) is 10.2 Å². The van der Waals surface area contributed by atoms with Crippen LogP contribution in [0.25, 0.3) is 0 Å². The number of hydrogen-bond acceptors (Lipinski definition) is 2. The molecule has 1 N–H and O–H groups in total. The molecule has 3 heteroatoms. The van der Waals surface area contributed by atoms with Crippen LogP contribution in [0, 0.1) is 6.92 Å². The van der Waals surface area contributed by atoms with Gasteiger partial charge in [0.1, 0.15) is 0 Å². The highest BCUT2D eigenvalue weighted by Crippen LogP contribution is 2.48. The Morgan fingerprint density at radius 3 is 2.63 bits per heavy atom. The Morgan fingerprint density at radius 1 is 1.42 bits per heavy atom. The Hall–Kier alpha value is -1.35. The number of amides is 1. The summed E-state index contributed by atoms with van der Waals surface area (Å²) in [6, 6.07) is 8.69. The van der Waals surface area contributed by atoms with E-state index in [0.717, 1.165) is 12.8 Å². The fourth-order valence-electron chi connectivity index (χ4n) is 2.31. The smallest absolute Gasteiger partial charge is 0.230 e. The van der Waals surface area contributed by atoms with E-state index < -0.39 is 0 Å². The van der Waals surface area contributed by atoms with Crippen LogP contribution in [-0.4, -0.2) is 37.5 Å². The molecule has 1 aliphatic rings. The molecule has 1 atom stereocenters. The summed E-state index contributed by atoms with van der Waals surface area (Å²) in [5.41, 5.74) is 2.14. The zero-order valence-corrected chi connectivity index (χ0v) is 12.4. The van der Waals surface area contributed by atoms with Gasteiger partial charge in [0.25, 0.3) is 0 Å². The van der Waals surface area contributed by atoms with Crippen LogP contribution in [0.15, 0.2) is 24.3 Å². The first-order chi connectivity index (χ1) is 8.95. The molecule has 0 bridgehead atoms. The summed E-state index contributed by atoms with van der Waals surface area (Å²) in [5, 5.41) is 3.10. The van der Waals surface area contributed by atoms with E-state index in [2.05, 4.69) is 42.3 Å². The van der Waals surface area contributed by atoms with Gasteiger partial charge in [-0.3, -0.25) is 4.79 Å². The number of hydrogen-bond donors (Lipinski definition) is 1. The van der Waals surface area contributed by atoms with E-state index in [9.17, 15) is 4.79 Å². The summed E-state index contributed by atoms with van der Waals surface area (Å²) < 4.78 is 0. The maximum absolute atomic E-state index is 12.4. The van der Waals surface area contributed by atoms with Crippen molar-refractivity contribution in [2.45, 2.75) is 38.1 Å². The maximum atomic E-state index is 12.4. The van der Waals surface area contributed by atoms with Crippen molar-refractivity contribution in [3.63, 3.8) is 0 Å². The van der Waals surface area contributed by atoms with Crippen molar-refractivity contribution in [2.24, 2.45) is 0 Å². The van der Waals surface area contributed by atoms with Crippen molar-refractivity contribution in [2.75, 3.05) is 20.6 Å². The molecule has 0 aliphatic heterocycles. The molecular weight excluding hydrogens is 236 g/mol. The van der Waals surface area contributed by atoms with E-state index in [-0.39, 0.29) is 11.3 Å². The van der Waals surface area contributed by atoms with Gasteiger partial charge in [-0.2, -0.15) is 0 Å². The van der Waals surface area contributed by atoms with Gasteiger partial charge < -0.3 is 10.2 Å². The second kappa shape index (κ2) is 5.33. The zero-order valence-electron chi connectivity index (χ0n) is 12.4. The lowest BCUT2D eigenvalue weighted by atomic mass is 9.93. The standard InChI is InChI=1S/C16H24N2O/c1-12-6-5-7-14(10-12)16(8-9-16)15(19)17-11-13(2)18(3)4/h5-7,10,13H,8-9,11H2,1-4H3,(H,17,19)/t13-/m1/s1.